The van der Waals surface area contributed by atoms with Crippen LogP contribution in [0.2, 0.25) is 5.02 Å². The minimum absolute atomic E-state index is 0.830. The van der Waals surface area contributed by atoms with Crippen LogP contribution in [0.4, 0.5) is 13.2 Å². The number of hydrogen-bond donors (Lipinski definition) is 1. The van der Waals surface area contributed by atoms with Crippen molar-refractivity contribution in [2.45, 2.75) is 4.90 Å². The monoisotopic (exact) mass is 275 g/mol. The van der Waals surface area contributed by atoms with Crippen LogP contribution in [0.5, 0.6) is 0 Å². The molecule has 1 rings (SSSR count). The molecule has 0 aliphatic carbocycles. The summed E-state index contributed by atoms with van der Waals surface area (Å²) in [6, 6.07) is 0. The molecule has 0 amide bonds. The van der Waals surface area contributed by atoms with Crippen molar-refractivity contribution in [1.29, 1.82) is 0 Å². The zero-order valence-electron chi connectivity index (χ0n) is 7.55. The van der Waals surface area contributed by atoms with Gasteiger partial charge in [-0.15, -0.1) is 0 Å². The molecule has 0 radical (unpaired) electrons. The molecule has 1 N–H and O–H groups in total. The van der Waals surface area contributed by atoms with E-state index < -0.39 is 49.8 Å². The second kappa shape index (κ2) is 4.56. The summed E-state index contributed by atoms with van der Waals surface area (Å²) in [4.78, 5) is 1.11. The van der Waals surface area contributed by atoms with Gasteiger partial charge in [0.1, 0.15) is 9.92 Å². The van der Waals surface area contributed by atoms with E-state index in [1.807, 2.05) is 0 Å². The number of sulfone groups is 1. The fourth-order valence-corrected chi connectivity index (χ4v) is 2.60. The average Bonchev–Trinajstić information content (AvgIpc) is 2.14. The second-order valence-corrected chi connectivity index (χ2v) is 5.12. The van der Waals surface area contributed by atoms with Crippen molar-refractivity contribution >= 4 is 21.4 Å². The Bertz CT molecular complexity index is 494. The Balaban J connectivity index is 3.56. The highest BCUT2D eigenvalue weighted by Crippen LogP contribution is 2.28. The SMILES string of the molecule is O=S(=O)(CCO)c1c(F)c(F)nc(F)c1Cl. The molecule has 0 aromatic carbocycles. The largest absolute Gasteiger partial charge is 0.395 e. The summed E-state index contributed by atoms with van der Waals surface area (Å²) in [5.74, 6) is -6.29. The van der Waals surface area contributed by atoms with Gasteiger partial charge in [0.2, 0.25) is 5.95 Å². The lowest BCUT2D eigenvalue weighted by atomic mass is 10.4. The van der Waals surface area contributed by atoms with Crippen molar-refractivity contribution < 1.29 is 26.7 Å². The van der Waals surface area contributed by atoms with Crippen LogP contribution in [-0.2, 0) is 9.84 Å². The molecule has 1 aromatic heterocycles. The Kier molecular flexibility index (Phi) is 3.76. The van der Waals surface area contributed by atoms with Crippen molar-refractivity contribution in [3.05, 3.63) is 22.7 Å². The van der Waals surface area contributed by atoms with E-state index in [0.29, 0.717) is 0 Å². The lowest BCUT2D eigenvalue weighted by Gasteiger charge is -2.06. The van der Waals surface area contributed by atoms with E-state index in [1.54, 1.807) is 0 Å². The lowest BCUT2D eigenvalue weighted by Crippen LogP contribution is -2.15. The van der Waals surface area contributed by atoms with Gasteiger partial charge in [-0.1, -0.05) is 11.6 Å². The van der Waals surface area contributed by atoms with E-state index in [1.165, 1.54) is 0 Å². The van der Waals surface area contributed by atoms with Crippen molar-refractivity contribution in [2.24, 2.45) is 0 Å². The summed E-state index contributed by atoms with van der Waals surface area (Å²) >= 11 is 5.19. The summed E-state index contributed by atoms with van der Waals surface area (Å²) in [5.41, 5.74) is 0. The van der Waals surface area contributed by atoms with Gasteiger partial charge in [-0.25, -0.2) is 12.8 Å². The van der Waals surface area contributed by atoms with E-state index >= 15 is 0 Å². The van der Waals surface area contributed by atoms with Crippen molar-refractivity contribution in [3.63, 3.8) is 0 Å². The predicted octanol–water partition coefficient (Wildman–Crippen LogP) is 0.918. The normalized spacial score (nSPS) is 11.8. The number of aromatic nitrogens is 1. The fourth-order valence-electron chi connectivity index (χ4n) is 0.963. The summed E-state index contributed by atoms with van der Waals surface area (Å²) < 4.78 is 61.3. The number of rotatable bonds is 3. The van der Waals surface area contributed by atoms with Gasteiger partial charge in [0, 0.05) is 0 Å². The number of hydrogen-bond acceptors (Lipinski definition) is 4. The van der Waals surface area contributed by atoms with Crippen LogP contribution < -0.4 is 0 Å². The minimum Gasteiger partial charge on any atom is -0.395 e. The summed E-state index contributed by atoms with van der Waals surface area (Å²) in [6.07, 6.45) is 0. The Morgan fingerprint density at radius 2 is 1.81 bits per heavy atom. The van der Waals surface area contributed by atoms with E-state index in [9.17, 15) is 21.6 Å². The topological polar surface area (TPSA) is 67.3 Å². The third kappa shape index (κ3) is 2.28. The first-order valence-electron chi connectivity index (χ1n) is 3.85. The molecule has 0 saturated heterocycles. The van der Waals surface area contributed by atoms with Crippen LogP contribution in [0.25, 0.3) is 0 Å². The first-order chi connectivity index (χ1) is 7.31. The van der Waals surface area contributed by atoms with Crippen molar-refractivity contribution in [1.82, 2.24) is 4.98 Å². The van der Waals surface area contributed by atoms with E-state index in [2.05, 4.69) is 4.98 Å². The maximum atomic E-state index is 13.1. The second-order valence-electron chi connectivity index (χ2n) is 2.69. The van der Waals surface area contributed by atoms with E-state index in [4.69, 9.17) is 16.7 Å². The molecule has 1 aromatic rings. The zero-order valence-corrected chi connectivity index (χ0v) is 9.12. The molecule has 16 heavy (non-hydrogen) atoms. The van der Waals surface area contributed by atoms with E-state index in [-0.39, 0.29) is 0 Å². The molecule has 0 atom stereocenters. The van der Waals surface area contributed by atoms with Crippen LogP contribution in [0.15, 0.2) is 4.90 Å². The molecule has 0 saturated carbocycles. The molecular weight excluding hydrogens is 271 g/mol. The number of nitrogens with zero attached hydrogens (tertiary/aromatic N) is 1. The van der Waals surface area contributed by atoms with Gasteiger partial charge in [0.05, 0.1) is 12.4 Å². The van der Waals surface area contributed by atoms with Crippen LogP contribution in [0, 0.1) is 17.7 Å². The smallest absolute Gasteiger partial charge is 0.253 e. The lowest BCUT2D eigenvalue weighted by molar-refractivity contribution is 0.319. The highest BCUT2D eigenvalue weighted by molar-refractivity contribution is 7.91. The average molecular weight is 276 g/mol. The van der Waals surface area contributed by atoms with Gasteiger partial charge in [-0.05, 0) is 0 Å². The zero-order chi connectivity index (χ0) is 12.5. The minimum atomic E-state index is -4.39. The highest BCUT2D eigenvalue weighted by atomic mass is 35.5. The predicted molar refractivity (Wildman–Crippen MR) is 48.3 cm³/mol. The van der Waals surface area contributed by atoms with Gasteiger partial charge >= 0.3 is 0 Å². The third-order valence-corrected chi connectivity index (χ3v) is 3.81. The number of pyridine rings is 1. The first-order valence-corrected chi connectivity index (χ1v) is 5.88. The number of aliphatic hydroxyl groups is 1. The van der Waals surface area contributed by atoms with Gasteiger partial charge in [0.15, 0.2) is 15.7 Å². The Morgan fingerprint density at radius 1 is 1.25 bits per heavy atom. The van der Waals surface area contributed by atoms with Gasteiger partial charge < -0.3 is 5.11 Å². The van der Waals surface area contributed by atoms with Crippen LogP contribution in [0.1, 0.15) is 0 Å². The quantitative estimate of drug-likeness (QED) is 0.833. The Morgan fingerprint density at radius 3 is 2.31 bits per heavy atom. The van der Waals surface area contributed by atoms with Gasteiger partial charge in [0.25, 0.3) is 5.95 Å². The number of aliphatic hydroxyl groups excluding tert-OH is 1. The molecule has 0 unspecified atom stereocenters. The van der Waals surface area contributed by atoms with Crippen molar-refractivity contribution in [2.75, 3.05) is 12.4 Å². The molecule has 0 spiro atoms. The standard InChI is InChI=1S/C7H5ClF3NO3S/c8-3-5(16(14,15)2-1-13)4(9)7(11)12-6(3)10/h13H,1-2H2. The molecular formula is C7H5ClF3NO3S. The van der Waals surface area contributed by atoms with Gasteiger partial charge in [-0.3, -0.25) is 0 Å². The first kappa shape index (κ1) is 13.2. The number of halogens is 4. The molecule has 1 heterocycles. The Labute approximate surface area is 93.6 Å². The molecule has 0 aliphatic rings. The molecule has 90 valence electrons. The summed E-state index contributed by atoms with van der Waals surface area (Å²) in [6.45, 7) is -0.830. The van der Waals surface area contributed by atoms with Crippen LogP contribution >= 0.6 is 11.6 Å². The Hall–Kier alpha value is -0.860. The maximum absolute atomic E-state index is 13.1. The summed E-state index contributed by atoms with van der Waals surface area (Å²) in [5, 5.41) is 7.30. The molecule has 9 heteroatoms. The van der Waals surface area contributed by atoms with E-state index in [0.717, 1.165) is 0 Å². The third-order valence-electron chi connectivity index (χ3n) is 1.63. The molecule has 0 fully saturated rings. The highest BCUT2D eigenvalue weighted by Gasteiger charge is 2.28. The molecule has 0 aliphatic heterocycles. The van der Waals surface area contributed by atoms with Gasteiger partial charge in [-0.2, -0.15) is 13.8 Å². The summed E-state index contributed by atoms with van der Waals surface area (Å²) in [7, 11) is -4.39. The maximum Gasteiger partial charge on any atom is 0.253 e. The van der Waals surface area contributed by atoms with Crippen molar-refractivity contribution in [3.8, 4) is 0 Å². The van der Waals surface area contributed by atoms with Crippen LogP contribution in [-0.4, -0.2) is 30.9 Å². The van der Waals surface area contributed by atoms with Crippen LogP contribution in [0.3, 0.4) is 0 Å². The molecule has 0 bridgehead atoms. The fraction of sp³-hybridized carbons (Fsp3) is 0.286. The molecule has 4 nitrogen and oxygen atoms in total.